The third kappa shape index (κ3) is 6.51. The van der Waals surface area contributed by atoms with Crippen molar-refractivity contribution in [3.05, 3.63) is 59.2 Å². The molecule has 2 aromatic carbocycles. The van der Waals surface area contributed by atoms with Crippen LogP contribution in [-0.2, 0) is 16.1 Å². The number of rotatable bonds is 10. The number of carbonyl (C=O) groups excluding carboxylic acids is 2. The molecule has 0 spiro atoms. The molecule has 6 heteroatoms. The van der Waals surface area contributed by atoms with Crippen LogP contribution >= 0.6 is 0 Å². The van der Waals surface area contributed by atoms with E-state index in [1.54, 1.807) is 12.0 Å². The maximum absolute atomic E-state index is 13.1. The molecule has 0 aliphatic carbocycles. The quantitative estimate of drug-likeness (QED) is 0.640. The number of hydrogen-bond acceptors (Lipinski definition) is 4. The summed E-state index contributed by atoms with van der Waals surface area (Å²) in [6.45, 7) is 8.92. The standard InChI is InChI=1S/C24H32N2O4/c1-6-26(16-19-10-13-22(30-7-2)23(14-19)29-5)24(28)15-21(25-18(4)27)20-11-8-17(3)9-12-20/h8-14,21H,6-7,15-16H2,1-5H3,(H,25,27). The Hall–Kier alpha value is -3.02. The lowest BCUT2D eigenvalue weighted by molar-refractivity contribution is -0.132. The second-order valence-corrected chi connectivity index (χ2v) is 7.19. The summed E-state index contributed by atoms with van der Waals surface area (Å²) >= 11 is 0. The van der Waals surface area contributed by atoms with E-state index in [9.17, 15) is 9.59 Å². The van der Waals surface area contributed by atoms with Gasteiger partial charge in [0.15, 0.2) is 11.5 Å². The Morgan fingerprint density at radius 2 is 1.77 bits per heavy atom. The monoisotopic (exact) mass is 412 g/mol. The van der Waals surface area contributed by atoms with E-state index in [4.69, 9.17) is 9.47 Å². The zero-order valence-corrected chi connectivity index (χ0v) is 18.5. The summed E-state index contributed by atoms with van der Waals surface area (Å²) in [6, 6.07) is 13.2. The number of benzene rings is 2. The van der Waals surface area contributed by atoms with Crippen LogP contribution < -0.4 is 14.8 Å². The molecule has 162 valence electrons. The highest BCUT2D eigenvalue weighted by Gasteiger charge is 2.21. The van der Waals surface area contributed by atoms with Gasteiger partial charge in [-0.25, -0.2) is 0 Å². The molecule has 1 unspecified atom stereocenters. The Morgan fingerprint density at radius 1 is 1.07 bits per heavy atom. The van der Waals surface area contributed by atoms with Gasteiger partial charge in [0.2, 0.25) is 11.8 Å². The zero-order valence-electron chi connectivity index (χ0n) is 18.5. The van der Waals surface area contributed by atoms with Crippen molar-refractivity contribution in [1.82, 2.24) is 10.2 Å². The van der Waals surface area contributed by atoms with Crippen molar-refractivity contribution in [2.45, 2.75) is 46.7 Å². The summed E-state index contributed by atoms with van der Waals surface area (Å²) in [7, 11) is 1.60. The fourth-order valence-corrected chi connectivity index (χ4v) is 3.28. The number of aryl methyl sites for hydroxylation is 1. The predicted octanol–water partition coefficient (Wildman–Crippen LogP) is 4.02. The zero-order chi connectivity index (χ0) is 22.1. The second-order valence-electron chi connectivity index (χ2n) is 7.19. The molecule has 0 aromatic heterocycles. The normalized spacial score (nSPS) is 11.5. The van der Waals surface area contributed by atoms with Crippen LogP contribution in [0.25, 0.3) is 0 Å². The average molecular weight is 413 g/mol. The van der Waals surface area contributed by atoms with Crippen molar-refractivity contribution in [2.75, 3.05) is 20.3 Å². The molecule has 0 saturated carbocycles. The SMILES string of the molecule is CCOc1ccc(CN(CC)C(=O)CC(NC(C)=O)c2ccc(C)cc2)cc1OC. The van der Waals surface area contributed by atoms with Crippen LogP contribution in [0.1, 0.15) is 49.9 Å². The van der Waals surface area contributed by atoms with Gasteiger partial charge in [0, 0.05) is 20.0 Å². The van der Waals surface area contributed by atoms with Gasteiger partial charge in [-0.3, -0.25) is 9.59 Å². The van der Waals surface area contributed by atoms with Crippen molar-refractivity contribution in [3.8, 4) is 11.5 Å². The fourth-order valence-electron chi connectivity index (χ4n) is 3.28. The average Bonchev–Trinajstić information content (AvgIpc) is 2.72. The number of nitrogens with one attached hydrogen (secondary N) is 1. The number of amides is 2. The Morgan fingerprint density at radius 3 is 2.33 bits per heavy atom. The topological polar surface area (TPSA) is 67.9 Å². The molecule has 0 bridgehead atoms. The molecule has 2 rings (SSSR count). The van der Waals surface area contributed by atoms with Crippen LogP contribution in [0.4, 0.5) is 0 Å². The molecule has 0 fully saturated rings. The summed E-state index contributed by atoms with van der Waals surface area (Å²) in [5.74, 6) is 1.15. The van der Waals surface area contributed by atoms with E-state index in [2.05, 4.69) is 5.32 Å². The highest BCUT2D eigenvalue weighted by atomic mass is 16.5. The highest BCUT2D eigenvalue weighted by molar-refractivity contribution is 5.79. The van der Waals surface area contributed by atoms with Crippen molar-refractivity contribution in [1.29, 1.82) is 0 Å². The predicted molar refractivity (Wildman–Crippen MR) is 118 cm³/mol. The summed E-state index contributed by atoms with van der Waals surface area (Å²) < 4.78 is 11.0. The number of nitrogens with zero attached hydrogens (tertiary/aromatic N) is 1. The Kier molecular flexibility index (Phi) is 8.71. The van der Waals surface area contributed by atoms with E-state index in [0.717, 1.165) is 16.7 Å². The first kappa shape index (κ1) is 23.3. The van der Waals surface area contributed by atoms with Crippen molar-refractivity contribution >= 4 is 11.8 Å². The first-order valence-corrected chi connectivity index (χ1v) is 10.3. The van der Waals surface area contributed by atoms with Crippen LogP contribution in [0.3, 0.4) is 0 Å². The maximum Gasteiger partial charge on any atom is 0.225 e. The van der Waals surface area contributed by atoms with Crippen molar-refractivity contribution in [3.63, 3.8) is 0 Å². The van der Waals surface area contributed by atoms with Crippen LogP contribution in [0.15, 0.2) is 42.5 Å². The molecule has 30 heavy (non-hydrogen) atoms. The second kappa shape index (κ2) is 11.2. The molecule has 0 radical (unpaired) electrons. The number of carbonyl (C=O) groups is 2. The lowest BCUT2D eigenvalue weighted by atomic mass is 10.0. The van der Waals surface area contributed by atoms with Gasteiger partial charge in [0.1, 0.15) is 0 Å². The van der Waals surface area contributed by atoms with Crippen molar-refractivity contribution in [2.24, 2.45) is 0 Å². The van der Waals surface area contributed by atoms with Crippen LogP contribution in [0.2, 0.25) is 0 Å². The van der Waals surface area contributed by atoms with E-state index in [1.807, 2.05) is 63.2 Å². The first-order chi connectivity index (χ1) is 14.4. The minimum Gasteiger partial charge on any atom is -0.493 e. The third-order valence-corrected chi connectivity index (χ3v) is 4.87. The summed E-state index contributed by atoms with van der Waals surface area (Å²) in [6.07, 6.45) is 0.199. The number of methoxy groups -OCH3 is 1. The van der Waals surface area contributed by atoms with Gasteiger partial charge in [-0.1, -0.05) is 35.9 Å². The molecule has 0 aliphatic heterocycles. The summed E-state index contributed by atoms with van der Waals surface area (Å²) in [4.78, 5) is 26.5. The van der Waals surface area contributed by atoms with Gasteiger partial charge in [0.05, 0.1) is 26.2 Å². The van der Waals surface area contributed by atoms with Gasteiger partial charge >= 0.3 is 0 Å². The van der Waals surface area contributed by atoms with E-state index in [-0.39, 0.29) is 24.3 Å². The van der Waals surface area contributed by atoms with Gasteiger partial charge in [0.25, 0.3) is 0 Å². The first-order valence-electron chi connectivity index (χ1n) is 10.3. The van der Waals surface area contributed by atoms with E-state index in [0.29, 0.717) is 31.2 Å². The summed E-state index contributed by atoms with van der Waals surface area (Å²) in [5, 5.41) is 2.91. The Bertz CT molecular complexity index is 849. The molecular formula is C24H32N2O4. The molecule has 0 saturated heterocycles. The number of ether oxygens (including phenoxy) is 2. The van der Waals surface area contributed by atoms with Crippen molar-refractivity contribution < 1.29 is 19.1 Å². The molecule has 1 atom stereocenters. The lowest BCUT2D eigenvalue weighted by Gasteiger charge is -2.25. The number of hydrogen-bond donors (Lipinski definition) is 1. The molecule has 1 N–H and O–H groups in total. The van der Waals surface area contributed by atoms with E-state index < -0.39 is 0 Å². The van der Waals surface area contributed by atoms with Crippen LogP contribution in [0.5, 0.6) is 11.5 Å². The fraction of sp³-hybridized carbons (Fsp3) is 0.417. The van der Waals surface area contributed by atoms with Gasteiger partial charge in [-0.05, 0) is 44.0 Å². The molecule has 0 heterocycles. The Labute approximate surface area is 179 Å². The van der Waals surface area contributed by atoms with Crippen LogP contribution in [-0.4, -0.2) is 37.0 Å². The van der Waals surface area contributed by atoms with Gasteiger partial charge in [-0.2, -0.15) is 0 Å². The minimum absolute atomic E-state index is 0.0234. The third-order valence-electron chi connectivity index (χ3n) is 4.87. The van der Waals surface area contributed by atoms with Gasteiger partial charge in [-0.15, -0.1) is 0 Å². The van der Waals surface area contributed by atoms with E-state index >= 15 is 0 Å². The van der Waals surface area contributed by atoms with E-state index in [1.165, 1.54) is 6.92 Å². The minimum atomic E-state index is -0.362. The molecule has 2 aromatic rings. The molecule has 6 nitrogen and oxygen atoms in total. The smallest absolute Gasteiger partial charge is 0.225 e. The lowest BCUT2D eigenvalue weighted by Crippen LogP contribution is -2.35. The van der Waals surface area contributed by atoms with Crippen LogP contribution in [0, 0.1) is 6.92 Å². The molecule has 0 aliphatic rings. The molecular weight excluding hydrogens is 380 g/mol. The van der Waals surface area contributed by atoms with Gasteiger partial charge < -0.3 is 19.7 Å². The Balaban J connectivity index is 2.15. The molecule has 2 amide bonds. The highest BCUT2D eigenvalue weighted by Crippen LogP contribution is 2.29. The maximum atomic E-state index is 13.1. The summed E-state index contributed by atoms with van der Waals surface area (Å²) in [5.41, 5.74) is 3.01. The largest absolute Gasteiger partial charge is 0.493 e.